The van der Waals surface area contributed by atoms with Gasteiger partial charge in [0.25, 0.3) is 0 Å². The lowest BCUT2D eigenvalue weighted by Gasteiger charge is -2.27. The molecule has 0 aromatic heterocycles. The van der Waals surface area contributed by atoms with Crippen LogP contribution in [0.1, 0.15) is 38.5 Å². The minimum absolute atomic E-state index is 1.18. The van der Waals surface area contributed by atoms with Gasteiger partial charge in [0.05, 0.1) is 0 Å². The van der Waals surface area contributed by atoms with Crippen LogP contribution in [0.15, 0.2) is 0 Å². The van der Waals surface area contributed by atoms with Crippen molar-refractivity contribution >= 4 is 0 Å². The van der Waals surface area contributed by atoms with Gasteiger partial charge in [-0.25, -0.2) is 0 Å². The average Bonchev–Trinajstić information content (AvgIpc) is 2.19. The van der Waals surface area contributed by atoms with E-state index in [2.05, 4.69) is 0 Å². The monoisotopic (exact) mass is 136 g/mol. The van der Waals surface area contributed by atoms with Crippen molar-refractivity contribution in [2.24, 2.45) is 23.7 Å². The summed E-state index contributed by atoms with van der Waals surface area (Å²) in [5, 5.41) is 0. The molecular weight excluding hydrogens is 120 g/mol. The molecule has 0 aromatic carbocycles. The summed E-state index contributed by atoms with van der Waals surface area (Å²) in [5.74, 6) is 4.74. The topological polar surface area (TPSA) is 0 Å². The lowest BCUT2D eigenvalue weighted by molar-refractivity contribution is 0.235. The van der Waals surface area contributed by atoms with Crippen LogP contribution in [0.25, 0.3) is 0 Å². The number of fused-ring (bicyclic) bond motifs is 3. The molecule has 0 saturated heterocycles. The zero-order chi connectivity index (χ0) is 6.55. The molecule has 3 fully saturated rings. The second-order valence-corrected chi connectivity index (χ2v) is 4.67. The van der Waals surface area contributed by atoms with Crippen molar-refractivity contribution in [1.29, 1.82) is 0 Å². The maximum atomic E-state index is 1.62. The van der Waals surface area contributed by atoms with Gasteiger partial charge in [0.15, 0.2) is 0 Å². The maximum Gasteiger partial charge on any atom is -0.0380 e. The highest BCUT2D eigenvalue weighted by Crippen LogP contribution is 2.55. The highest BCUT2D eigenvalue weighted by molar-refractivity contribution is 4.95. The van der Waals surface area contributed by atoms with E-state index in [4.69, 9.17) is 0 Å². The lowest BCUT2D eigenvalue weighted by Crippen LogP contribution is -2.16. The number of rotatable bonds is 0. The Kier molecular flexibility index (Phi) is 1.00. The Labute approximate surface area is 63.0 Å². The molecule has 2 unspecified atom stereocenters. The van der Waals surface area contributed by atoms with Crippen molar-refractivity contribution in [2.45, 2.75) is 38.5 Å². The summed E-state index contributed by atoms with van der Waals surface area (Å²) in [6.07, 6.45) is 9.60. The van der Waals surface area contributed by atoms with Gasteiger partial charge < -0.3 is 0 Å². The van der Waals surface area contributed by atoms with E-state index in [1.54, 1.807) is 38.5 Å². The van der Waals surface area contributed by atoms with E-state index in [1.165, 1.54) is 23.7 Å². The summed E-state index contributed by atoms with van der Waals surface area (Å²) in [6.45, 7) is 0. The molecule has 3 bridgehead atoms. The van der Waals surface area contributed by atoms with E-state index in [-0.39, 0.29) is 0 Å². The molecule has 0 N–H and O–H groups in total. The van der Waals surface area contributed by atoms with Crippen LogP contribution in [0.4, 0.5) is 0 Å². The van der Waals surface area contributed by atoms with Gasteiger partial charge in [-0.05, 0) is 62.2 Å². The van der Waals surface area contributed by atoms with Crippen LogP contribution in [0.5, 0.6) is 0 Å². The summed E-state index contributed by atoms with van der Waals surface area (Å²) in [7, 11) is 0. The standard InChI is InChI=1S/C10H16/c1-3-8-5-10-6-9(8)4-2-7(1)10/h7-10H,1-6H2. The molecule has 0 radical (unpaired) electrons. The molecule has 0 nitrogen and oxygen atoms in total. The third-order valence-corrected chi connectivity index (χ3v) is 4.36. The summed E-state index contributed by atoms with van der Waals surface area (Å²) in [6, 6.07) is 0. The molecular formula is C10H16. The largest absolute Gasteiger partial charge is 0.0499 e. The van der Waals surface area contributed by atoms with Crippen molar-refractivity contribution < 1.29 is 0 Å². The number of hydrogen-bond acceptors (Lipinski definition) is 0. The zero-order valence-electron chi connectivity index (χ0n) is 6.55. The van der Waals surface area contributed by atoms with Gasteiger partial charge in [-0.3, -0.25) is 0 Å². The first-order valence-electron chi connectivity index (χ1n) is 4.93. The van der Waals surface area contributed by atoms with E-state index in [0.717, 1.165) is 0 Å². The third kappa shape index (κ3) is 0.580. The fraction of sp³-hybridized carbons (Fsp3) is 1.00. The van der Waals surface area contributed by atoms with Gasteiger partial charge >= 0.3 is 0 Å². The van der Waals surface area contributed by atoms with E-state index in [0.29, 0.717) is 0 Å². The maximum absolute atomic E-state index is 1.62. The van der Waals surface area contributed by atoms with Crippen LogP contribution in [0.3, 0.4) is 0 Å². The van der Waals surface area contributed by atoms with Gasteiger partial charge in [0, 0.05) is 0 Å². The second-order valence-electron chi connectivity index (χ2n) is 4.67. The second kappa shape index (κ2) is 1.78. The zero-order valence-corrected chi connectivity index (χ0v) is 6.55. The van der Waals surface area contributed by atoms with Crippen LogP contribution in [0.2, 0.25) is 0 Å². The fourth-order valence-electron chi connectivity index (χ4n) is 3.82. The first kappa shape index (κ1) is 5.62. The molecule has 0 heterocycles. The van der Waals surface area contributed by atoms with Crippen LogP contribution >= 0.6 is 0 Å². The Morgan fingerprint density at radius 3 is 1.60 bits per heavy atom. The Morgan fingerprint density at radius 1 is 0.500 bits per heavy atom. The third-order valence-electron chi connectivity index (χ3n) is 4.36. The van der Waals surface area contributed by atoms with Gasteiger partial charge in [-0.2, -0.15) is 0 Å². The Hall–Kier alpha value is 0. The summed E-state index contributed by atoms with van der Waals surface area (Å²) in [5.41, 5.74) is 0. The molecule has 0 aromatic rings. The Bertz CT molecular complexity index is 122. The van der Waals surface area contributed by atoms with Crippen LogP contribution in [-0.2, 0) is 0 Å². The summed E-state index contributed by atoms with van der Waals surface area (Å²) in [4.78, 5) is 0. The molecule has 56 valence electrons. The van der Waals surface area contributed by atoms with Crippen molar-refractivity contribution in [2.75, 3.05) is 0 Å². The molecule has 10 heavy (non-hydrogen) atoms. The van der Waals surface area contributed by atoms with E-state index < -0.39 is 0 Å². The Balaban J connectivity index is 1.97. The van der Waals surface area contributed by atoms with Gasteiger partial charge in [0.2, 0.25) is 0 Å². The van der Waals surface area contributed by atoms with E-state index >= 15 is 0 Å². The minimum atomic E-state index is 1.18. The molecule has 2 atom stereocenters. The van der Waals surface area contributed by atoms with Crippen LogP contribution in [0, 0.1) is 23.7 Å². The Morgan fingerprint density at radius 2 is 1.00 bits per heavy atom. The van der Waals surface area contributed by atoms with Crippen molar-refractivity contribution in [3.8, 4) is 0 Å². The van der Waals surface area contributed by atoms with Crippen molar-refractivity contribution in [1.82, 2.24) is 0 Å². The molecule has 0 heteroatoms. The van der Waals surface area contributed by atoms with E-state index in [1.807, 2.05) is 0 Å². The van der Waals surface area contributed by atoms with E-state index in [9.17, 15) is 0 Å². The molecule has 0 aliphatic heterocycles. The van der Waals surface area contributed by atoms with Crippen LogP contribution < -0.4 is 0 Å². The molecule has 0 amide bonds. The van der Waals surface area contributed by atoms with Gasteiger partial charge in [-0.15, -0.1) is 0 Å². The first-order valence-corrected chi connectivity index (χ1v) is 4.93. The average molecular weight is 136 g/mol. The first-order chi connectivity index (χ1) is 4.93. The predicted octanol–water partition coefficient (Wildman–Crippen LogP) is 2.83. The van der Waals surface area contributed by atoms with Crippen LogP contribution in [-0.4, -0.2) is 0 Å². The summed E-state index contributed by atoms with van der Waals surface area (Å²) < 4.78 is 0. The molecule has 3 aliphatic rings. The summed E-state index contributed by atoms with van der Waals surface area (Å²) >= 11 is 0. The predicted molar refractivity (Wildman–Crippen MR) is 41.7 cm³/mol. The lowest BCUT2D eigenvalue weighted by atomic mass is 9.78. The fourth-order valence-corrected chi connectivity index (χ4v) is 3.82. The smallest absolute Gasteiger partial charge is 0.0380 e. The highest BCUT2D eigenvalue weighted by atomic mass is 14.5. The normalized spacial score (nSPS) is 57.6. The molecule has 0 spiro atoms. The molecule has 3 aliphatic carbocycles. The molecule has 3 saturated carbocycles. The number of hydrogen-bond donors (Lipinski definition) is 0. The molecule has 3 rings (SSSR count). The van der Waals surface area contributed by atoms with Gasteiger partial charge in [-0.1, -0.05) is 0 Å². The quantitative estimate of drug-likeness (QED) is 0.480. The van der Waals surface area contributed by atoms with Crippen molar-refractivity contribution in [3.05, 3.63) is 0 Å². The minimum Gasteiger partial charge on any atom is -0.0499 e. The highest BCUT2D eigenvalue weighted by Gasteiger charge is 2.45. The van der Waals surface area contributed by atoms with Gasteiger partial charge in [0.1, 0.15) is 0 Å². The van der Waals surface area contributed by atoms with Crippen molar-refractivity contribution in [3.63, 3.8) is 0 Å². The SMILES string of the molecule is C1CC2CC3CC2CCC13.